The Morgan fingerprint density at radius 3 is 1.39 bits per heavy atom. The van der Waals surface area contributed by atoms with Gasteiger partial charge in [-0.2, -0.15) is 4.37 Å². The highest BCUT2D eigenvalue weighted by atomic mass is 32.1. The summed E-state index contributed by atoms with van der Waals surface area (Å²) in [7, 11) is 0. The molecule has 0 bridgehead atoms. The Kier molecular flexibility index (Phi) is 7.39. The van der Waals surface area contributed by atoms with Crippen LogP contribution in [0.25, 0.3) is 43.5 Å². The Balaban J connectivity index is 1.05. The smallest absolute Gasteiger partial charge is 0.173 e. The Hall–Kier alpha value is -6.56. The van der Waals surface area contributed by atoms with Crippen LogP contribution in [0.15, 0.2) is 170 Å². The number of benzene rings is 8. The molecule has 0 unspecified atom stereocenters. The van der Waals surface area contributed by atoms with Crippen LogP contribution in [0.4, 0.5) is 34.1 Å². The van der Waals surface area contributed by atoms with Crippen LogP contribution in [-0.2, 0) is 10.8 Å². The average Bonchev–Trinajstić information content (AvgIpc) is 3.75. The first-order chi connectivity index (χ1) is 27.8. The van der Waals surface area contributed by atoms with E-state index in [1.54, 1.807) is 0 Å². The summed E-state index contributed by atoms with van der Waals surface area (Å²) >= 11 is 1.46. The van der Waals surface area contributed by atoms with E-state index in [9.17, 15) is 0 Å². The van der Waals surface area contributed by atoms with Gasteiger partial charge in [-0.1, -0.05) is 161 Å². The molecule has 5 heteroatoms. The molecule has 0 radical (unpaired) electrons. The van der Waals surface area contributed by atoms with E-state index in [-0.39, 0.29) is 10.8 Å². The van der Waals surface area contributed by atoms with Gasteiger partial charge in [0.15, 0.2) is 5.82 Å². The number of aromatic nitrogens is 2. The third-order valence-electron chi connectivity index (χ3n) is 12.4. The third kappa shape index (κ3) is 5.05. The van der Waals surface area contributed by atoms with Crippen LogP contribution in [0.5, 0.6) is 0 Å². The topological polar surface area (TPSA) is 32.3 Å². The largest absolute Gasteiger partial charge is 0.309 e. The van der Waals surface area contributed by atoms with Crippen molar-refractivity contribution >= 4 is 67.2 Å². The average molecular weight is 753 g/mol. The van der Waals surface area contributed by atoms with E-state index in [2.05, 4.69) is 207 Å². The zero-order valence-corrected chi connectivity index (χ0v) is 33.2. The second kappa shape index (κ2) is 12.5. The summed E-state index contributed by atoms with van der Waals surface area (Å²) < 4.78 is 5.03. The minimum atomic E-state index is -0.197. The standard InChI is InChI=1S/C52H40N4S/c1-51(2)39-21-9-11-23-45(39)55(43-25-13-17-33-15-5-7-19-37(33)43)47-31-35(27-29-41(47)51)49-53-50(57-54-49)36-28-30-42-48(32-36)56(46-24-12-10-22-40(46)52(42,3)4)44-26-14-18-34-16-6-8-20-38(34)44/h5-32H,1-4H3. The molecule has 274 valence electrons. The molecule has 0 fully saturated rings. The lowest BCUT2D eigenvalue weighted by Gasteiger charge is -2.42. The fraction of sp³-hybridized carbons (Fsp3) is 0.115. The lowest BCUT2D eigenvalue weighted by atomic mass is 9.73. The number of hydrogen-bond donors (Lipinski definition) is 0. The lowest BCUT2D eigenvalue weighted by Crippen LogP contribution is -2.30. The Morgan fingerprint density at radius 2 is 0.825 bits per heavy atom. The van der Waals surface area contributed by atoms with E-state index in [1.807, 2.05) is 0 Å². The zero-order chi connectivity index (χ0) is 38.5. The predicted octanol–water partition coefficient (Wildman–Crippen LogP) is 14.4. The van der Waals surface area contributed by atoms with Gasteiger partial charge in [0.05, 0.1) is 34.1 Å². The van der Waals surface area contributed by atoms with Crippen LogP contribution in [0.2, 0.25) is 0 Å². The number of hydrogen-bond acceptors (Lipinski definition) is 5. The van der Waals surface area contributed by atoms with E-state index < -0.39 is 0 Å². The van der Waals surface area contributed by atoms with Gasteiger partial charge in [0.2, 0.25) is 0 Å². The van der Waals surface area contributed by atoms with E-state index in [0.29, 0.717) is 0 Å². The highest BCUT2D eigenvalue weighted by Crippen LogP contribution is 2.55. The van der Waals surface area contributed by atoms with Gasteiger partial charge in [0.1, 0.15) is 5.01 Å². The molecule has 0 N–H and O–H groups in total. The number of anilines is 6. The maximum Gasteiger partial charge on any atom is 0.173 e. The van der Waals surface area contributed by atoms with Gasteiger partial charge < -0.3 is 9.80 Å². The van der Waals surface area contributed by atoms with Crippen molar-refractivity contribution in [2.75, 3.05) is 9.80 Å². The van der Waals surface area contributed by atoms with E-state index in [0.717, 1.165) is 33.3 Å². The number of rotatable bonds is 4. The van der Waals surface area contributed by atoms with Crippen LogP contribution in [-0.4, -0.2) is 9.36 Å². The van der Waals surface area contributed by atoms with Gasteiger partial charge in [-0.25, -0.2) is 4.98 Å². The molecule has 3 heterocycles. The summed E-state index contributed by atoms with van der Waals surface area (Å²) in [6.45, 7) is 9.35. The zero-order valence-electron chi connectivity index (χ0n) is 32.4. The molecule has 0 aliphatic carbocycles. The fourth-order valence-electron chi connectivity index (χ4n) is 9.49. The van der Waals surface area contributed by atoms with Crippen molar-refractivity contribution in [1.29, 1.82) is 0 Å². The molecular formula is C52H40N4S. The number of fused-ring (bicyclic) bond motifs is 6. The lowest BCUT2D eigenvalue weighted by molar-refractivity contribution is 0.632. The summed E-state index contributed by atoms with van der Waals surface area (Å²) in [4.78, 5) is 10.2. The van der Waals surface area contributed by atoms with Gasteiger partial charge in [0, 0.05) is 32.7 Å². The summed E-state index contributed by atoms with van der Waals surface area (Å²) in [5.41, 5.74) is 13.9. The van der Waals surface area contributed by atoms with Gasteiger partial charge in [-0.3, -0.25) is 0 Å². The van der Waals surface area contributed by atoms with E-state index in [4.69, 9.17) is 9.36 Å². The van der Waals surface area contributed by atoms with Crippen LogP contribution >= 0.6 is 11.5 Å². The Morgan fingerprint density at radius 1 is 0.404 bits per heavy atom. The molecule has 0 spiro atoms. The van der Waals surface area contributed by atoms with Crippen molar-refractivity contribution < 1.29 is 0 Å². The van der Waals surface area contributed by atoms with Crippen LogP contribution in [0.1, 0.15) is 49.9 Å². The molecule has 0 saturated heterocycles. The molecule has 9 aromatic rings. The van der Waals surface area contributed by atoms with Crippen molar-refractivity contribution in [3.05, 3.63) is 192 Å². The first-order valence-corrected chi connectivity index (χ1v) is 20.4. The minimum absolute atomic E-state index is 0.191. The van der Waals surface area contributed by atoms with Crippen molar-refractivity contribution in [3.8, 4) is 22.0 Å². The minimum Gasteiger partial charge on any atom is -0.309 e. The number of para-hydroxylation sites is 2. The van der Waals surface area contributed by atoms with Crippen molar-refractivity contribution in [2.45, 2.75) is 38.5 Å². The number of nitrogens with zero attached hydrogens (tertiary/aromatic N) is 4. The Bertz CT molecular complexity index is 2850. The molecule has 2 aliphatic rings. The highest BCUT2D eigenvalue weighted by Gasteiger charge is 2.39. The van der Waals surface area contributed by atoms with Gasteiger partial charge in [-0.15, -0.1) is 0 Å². The molecular weight excluding hydrogens is 713 g/mol. The molecule has 2 aliphatic heterocycles. The molecule has 0 saturated carbocycles. The van der Waals surface area contributed by atoms with Crippen molar-refractivity contribution in [2.24, 2.45) is 0 Å². The van der Waals surface area contributed by atoms with Gasteiger partial charge >= 0.3 is 0 Å². The molecule has 57 heavy (non-hydrogen) atoms. The summed E-state index contributed by atoms with van der Waals surface area (Å²) in [5, 5.41) is 5.78. The normalized spacial score (nSPS) is 14.9. The predicted molar refractivity (Wildman–Crippen MR) is 239 cm³/mol. The second-order valence-corrected chi connectivity index (χ2v) is 17.1. The van der Waals surface area contributed by atoms with Crippen LogP contribution < -0.4 is 9.80 Å². The Labute approximate surface area is 337 Å². The SMILES string of the molecule is CC1(C)c2ccccc2N(c2cccc3ccccc23)c2cc(-c3nsc(-c4ccc5c(c4)N(c4cccc6ccccc46)c4ccccc4C5(C)C)n3)ccc21. The summed E-state index contributed by atoms with van der Waals surface area (Å²) in [5.74, 6) is 0.738. The molecule has 0 atom stereocenters. The van der Waals surface area contributed by atoms with Crippen LogP contribution in [0, 0.1) is 0 Å². The maximum absolute atomic E-state index is 5.28. The molecule has 4 nitrogen and oxygen atoms in total. The van der Waals surface area contributed by atoms with Crippen molar-refractivity contribution in [3.63, 3.8) is 0 Å². The monoisotopic (exact) mass is 752 g/mol. The van der Waals surface area contributed by atoms with Gasteiger partial charge in [0.25, 0.3) is 0 Å². The third-order valence-corrected chi connectivity index (χ3v) is 13.2. The maximum atomic E-state index is 5.28. The first-order valence-electron chi connectivity index (χ1n) is 19.7. The molecule has 11 rings (SSSR count). The highest BCUT2D eigenvalue weighted by molar-refractivity contribution is 7.09. The van der Waals surface area contributed by atoms with E-state index >= 15 is 0 Å². The molecule has 8 aromatic carbocycles. The quantitative estimate of drug-likeness (QED) is 0.179. The first kappa shape index (κ1) is 33.8. The van der Waals surface area contributed by atoms with Crippen molar-refractivity contribution in [1.82, 2.24) is 9.36 Å². The van der Waals surface area contributed by atoms with E-state index in [1.165, 1.54) is 78.1 Å². The molecule has 0 amide bonds. The fourth-order valence-corrected chi connectivity index (χ4v) is 10.2. The van der Waals surface area contributed by atoms with Gasteiger partial charge in [-0.05, 0) is 81.0 Å². The molecule has 1 aromatic heterocycles. The summed E-state index contributed by atoms with van der Waals surface area (Å²) in [6.07, 6.45) is 0. The van der Waals surface area contributed by atoms with Crippen LogP contribution in [0.3, 0.4) is 0 Å². The second-order valence-electron chi connectivity index (χ2n) is 16.3. The summed E-state index contributed by atoms with van der Waals surface area (Å²) in [6, 6.07) is 61.9.